The molecule has 0 aliphatic rings. The van der Waals surface area contributed by atoms with Crippen molar-refractivity contribution in [1.29, 1.82) is 5.26 Å². The van der Waals surface area contributed by atoms with Gasteiger partial charge in [0.1, 0.15) is 11.9 Å². The lowest BCUT2D eigenvalue weighted by molar-refractivity contribution is -0.136. The largest absolute Gasteiger partial charge is 0.493 e. The fourth-order valence-corrected chi connectivity index (χ4v) is 2.11. The molecule has 2 aromatic carbocycles. The van der Waals surface area contributed by atoms with Gasteiger partial charge in [0.05, 0.1) is 7.11 Å². The number of nitriles is 1. The third-order valence-electron chi connectivity index (χ3n) is 3.38. The second kappa shape index (κ2) is 9.73. The van der Waals surface area contributed by atoms with Crippen LogP contribution in [0.5, 0.6) is 11.5 Å². The molecule has 0 heterocycles. The summed E-state index contributed by atoms with van der Waals surface area (Å²) in [5.74, 6) is -0.954. The van der Waals surface area contributed by atoms with E-state index in [1.54, 1.807) is 18.2 Å². The molecule has 0 bridgehead atoms. The predicted octanol–water partition coefficient (Wildman–Crippen LogP) is 3.18. The van der Waals surface area contributed by atoms with E-state index < -0.39 is 24.2 Å². The van der Waals surface area contributed by atoms with E-state index >= 15 is 0 Å². The maximum atomic E-state index is 13.1. The first kappa shape index (κ1) is 19.7. The van der Waals surface area contributed by atoms with Crippen molar-refractivity contribution in [3.05, 3.63) is 65.5 Å². The molecule has 138 valence electrons. The van der Waals surface area contributed by atoms with Crippen molar-refractivity contribution in [2.45, 2.75) is 0 Å². The van der Waals surface area contributed by atoms with Crippen LogP contribution in [0, 0.1) is 17.1 Å². The van der Waals surface area contributed by atoms with E-state index in [0.717, 1.165) is 12.1 Å². The van der Waals surface area contributed by atoms with E-state index in [0.29, 0.717) is 17.1 Å². The van der Waals surface area contributed by atoms with Crippen LogP contribution in [0.25, 0.3) is 6.08 Å². The highest BCUT2D eigenvalue weighted by Gasteiger charge is 2.09. The van der Waals surface area contributed by atoms with Gasteiger partial charge in [0.25, 0.3) is 0 Å². The molecule has 0 saturated heterocycles. The number of hydrogen-bond acceptors (Lipinski definition) is 6. The third kappa shape index (κ3) is 5.97. The van der Waals surface area contributed by atoms with Gasteiger partial charge in [-0.15, -0.1) is 0 Å². The average Bonchev–Trinajstić information content (AvgIpc) is 2.69. The van der Waals surface area contributed by atoms with E-state index in [-0.39, 0.29) is 12.2 Å². The number of halogens is 1. The third-order valence-corrected chi connectivity index (χ3v) is 3.38. The van der Waals surface area contributed by atoms with Crippen molar-refractivity contribution in [3.8, 4) is 17.6 Å². The number of carbonyl (C=O) groups excluding carboxylic acids is 2. The molecular formula is C20H16FNO5. The Morgan fingerprint density at radius 3 is 2.70 bits per heavy atom. The lowest BCUT2D eigenvalue weighted by Gasteiger charge is -2.08. The first-order valence-electron chi connectivity index (χ1n) is 7.85. The Kier molecular flexibility index (Phi) is 7.08. The quantitative estimate of drug-likeness (QED) is 0.404. The number of ketones is 1. The van der Waals surface area contributed by atoms with E-state index in [9.17, 15) is 14.0 Å². The van der Waals surface area contributed by atoms with Crippen LogP contribution in [0.2, 0.25) is 0 Å². The summed E-state index contributed by atoms with van der Waals surface area (Å²) in [6, 6.07) is 11.9. The van der Waals surface area contributed by atoms with Crippen molar-refractivity contribution < 1.29 is 28.2 Å². The van der Waals surface area contributed by atoms with Crippen molar-refractivity contribution in [2.24, 2.45) is 0 Å². The molecule has 0 amide bonds. The Bertz CT molecular complexity index is 901. The van der Waals surface area contributed by atoms with E-state index in [1.165, 1.54) is 31.4 Å². The maximum absolute atomic E-state index is 13.1. The number of esters is 1. The summed E-state index contributed by atoms with van der Waals surface area (Å²) < 4.78 is 28.3. The summed E-state index contributed by atoms with van der Waals surface area (Å²) in [6.45, 7) is -0.603. The van der Waals surface area contributed by atoms with Gasteiger partial charge in [0.15, 0.2) is 30.5 Å². The summed E-state index contributed by atoms with van der Waals surface area (Å²) in [5.41, 5.74) is 0.758. The van der Waals surface area contributed by atoms with Crippen molar-refractivity contribution in [2.75, 3.05) is 20.3 Å². The van der Waals surface area contributed by atoms with Gasteiger partial charge in [0.2, 0.25) is 0 Å². The molecule has 2 rings (SSSR count). The molecule has 0 aromatic heterocycles. The van der Waals surface area contributed by atoms with Gasteiger partial charge in [-0.2, -0.15) is 5.26 Å². The number of Topliss-reactive ketones (excluding diaryl/α,β-unsaturated/α-hetero) is 1. The van der Waals surface area contributed by atoms with Gasteiger partial charge in [-0.3, -0.25) is 4.79 Å². The fraction of sp³-hybridized carbons (Fsp3) is 0.150. The van der Waals surface area contributed by atoms with Crippen molar-refractivity contribution in [1.82, 2.24) is 0 Å². The smallest absolute Gasteiger partial charge is 0.331 e. The number of rotatable bonds is 8. The van der Waals surface area contributed by atoms with E-state index in [4.69, 9.17) is 19.5 Å². The van der Waals surface area contributed by atoms with Gasteiger partial charge in [0, 0.05) is 11.6 Å². The van der Waals surface area contributed by atoms with Crippen LogP contribution in [0.4, 0.5) is 4.39 Å². The Morgan fingerprint density at radius 2 is 2.00 bits per heavy atom. The lowest BCUT2D eigenvalue weighted by atomic mass is 10.1. The van der Waals surface area contributed by atoms with Crippen LogP contribution in [0.15, 0.2) is 48.5 Å². The Morgan fingerprint density at radius 1 is 1.19 bits per heavy atom. The highest BCUT2D eigenvalue weighted by Crippen LogP contribution is 2.28. The molecule has 0 atom stereocenters. The minimum Gasteiger partial charge on any atom is -0.493 e. The minimum absolute atomic E-state index is 0.114. The van der Waals surface area contributed by atoms with Crippen molar-refractivity contribution in [3.63, 3.8) is 0 Å². The number of hydrogen-bond donors (Lipinski definition) is 0. The first-order chi connectivity index (χ1) is 13.0. The summed E-state index contributed by atoms with van der Waals surface area (Å²) in [7, 11) is 1.45. The number of nitrogens with zero attached hydrogens (tertiary/aromatic N) is 1. The molecule has 7 heteroatoms. The fourth-order valence-electron chi connectivity index (χ4n) is 2.11. The maximum Gasteiger partial charge on any atom is 0.331 e. The molecule has 0 spiro atoms. The van der Waals surface area contributed by atoms with E-state index in [2.05, 4.69) is 0 Å². The highest BCUT2D eigenvalue weighted by atomic mass is 19.1. The van der Waals surface area contributed by atoms with E-state index in [1.807, 2.05) is 6.07 Å². The zero-order valence-electron chi connectivity index (χ0n) is 14.5. The number of methoxy groups -OCH3 is 1. The van der Waals surface area contributed by atoms with Crippen LogP contribution in [-0.2, 0) is 9.53 Å². The SMILES string of the molecule is COc1cc(/C=C/C(=O)OCC(=O)c2cccc(F)c2)ccc1OCC#N. The molecule has 0 aliphatic carbocycles. The van der Waals surface area contributed by atoms with Gasteiger partial charge in [-0.1, -0.05) is 18.2 Å². The average molecular weight is 369 g/mol. The molecular weight excluding hydrogens is 353 g/mol. The molecule has 6 nitrogen and oxygen atoms in total. The molecule has 27 heavy (non-hydrogen) atoms. The molecule has 0 unspecified atom stereocenters. The summed E-state index contributed by atoms with van der Waals surface area (Å²) in [6.07, 6.45) is 2.63. The molecule has 2 aromatic rings. The summed E-state index contributed by atoms with van der Waals surface area (Å²) in [5, 5.41) is 8.55. The second-order valence-electron chi connectivity index (χ2n) is 5.23. The number of ether oxygens (including phenoxy) is 3. The number of carbonyl (C=O) groups is 2. The van der Waals surface area contributed by atoms with Crippen LogP contribution in [0.3, 0.4) is 0 Å². The molecule has 0 radical (unpaired) electrons. The standard InChI is InChI=1S/C20H16FNO5/c1-25-19-11-14(5-7-18(19)26-10-9-22)6-8-20(24)27-13-17(23)15-3-2-4-16(21)12-15/h2-8,11-12H,10,13H2,1H3/b8-6+. The monoisotopic (exact) mass is 369 g/mol. The lowest BCUT2D eigenvalue weighted by Crippen LogP contribution is -2.12. The Balaban J connectivity index is 1.94. The zero-order valence-corrected chi connectivity index (χ0v) is 14.5. The Labute approximate surface area is 155 Å². The second-order valence-corrected chi connectivity index (χ2v) is 5.23. The van der Waals surface area contributed by atoms with Gasteiger partial charge < -0.3 is 14.2 Å². The highest BCUT2D eigenvalue weighted by molar-refractivity contribution is 5.98. The predicted molar refractivity (Wildman–Crippen MR) is 94.8 cm³/mol. The van der Waals surface area contributed by atoms with Crippen LogP contribution >= 0.6 is 0 Å². The first-order valence-corrected chi connectivity index (χ1v) is 7.85. The molecule has 0 aliphatic heterocycles. The normalized spacial score (nSPS) is 10.3. The molecule has 0 N–H and O–H groups in total. The summed E-state index contributed by atoms with van der Waals surface area (Å²) in [4.78, 5) is 23.6. The Hall–Kier alpha value is -3.66. The minimum atomic E-state index is -0.719. The van der Waals surface area contributed by atoms with Gasteiger partial charge in [-0.25, -0.2) is 9.18 Å². The van der Waals surface area contributed by atoms with Crippen LogP contribution in [0.1, 0.15) is 15.9 Å². The summed E-state index contributed by atoms with van der Waals surface area (Å²) >= 11 is 0. The van der Waals surface area contributed by atoms with Crippen LogP contribution in [-0.4, -0.2) is 32.1 Å². The van der Waals surface area contributed by atoms with Crippen LogP contribution < -0.4 is 9.47 Å². The van der Waals surface area contributed by atoms with Gasteiger partial charge >= 0.3 is 5.97 Å². The molecule has 0 fully saturated rings. The zero-order chi connectivity index (χ0) is 19.6. The number of benzene rings is 2. The molecule has 0 saturated carbocycles. The van der Waals surface area contributed by atoms with Crippen molar-refractivity contribution >= 4 is 17.8 Å². The van der Waals surface area contributed by atoms with Gasteiger partial charge in [-0.05, 0) is 35.9 Å². The topological polar surface area (TPSA) is 85.6 Å².